The van der Waals surface area contributed by atoms with Crippen molar-refractivity contribution in [1.82, 2.24) is 9.97 Å². The summed E-state index contributed by atoms with van der Waals surface area (Å²) < 4.78 is 27.1. The van der Waals surface area contributed by atoms with Crippen molar-refractivity contribution in [3.05, 3.63) is 45.4 Å². The molecule has 0 atom stereocenters. The molecule has 0 aliphatic rings. The van der Waals surface area contributed by atoms with Gasteiger partial charge in [0.25, 0.3) is 10.0 Å². The maximum atomic E-state index is 12.1. The van der Waals surface area contributed by atoms with Gasteiger partial charge in [0, 0.05) is 6.20 Å². The molecular weight excluding hydrogens is 377 g/mol. The fourth-order valence-corrected chi connectivity index (χ4v) is 2.78. The summed E-state index contributed by atoms with van der Waals surface area (Å²) in [5, 5.41) is 0.115. The van der Waals surface area contributed by atoms with E-state index in [0.717, 1.165) is 6.20 Å². The van der Waals surface area contributed by atoms with Gasteiger partial charge >= 0.3 is 0 Å². The second-order valence-electron chi connectivity index (χ2n) is 3.42. The zero-order valence-corrected chi connectivity index (χ0v) is 13.1. The largest absolute Gasteiger partial charge is 0.278 e. The minimum Gasteiger partial charge on any atom is -0.278 e. The summed E-state index contributed by atoms with van der Waals surface area (Å²) in [6, 6.07) is 4.41. The highest BCUT2D eigenvalue weighted by atomic mass is 79.9. The van der Waals surface area contributed by atoms with Gasteiger partial charge in [-0.1, -0.05) is 23.2 Å². The highest BCUT2D eigenvalue weighted by Crippen LogP contribution is 2.23. The van der Waals surface area contributed by atoms with Gasteiger partial charge in [-0.05, 0) is 34.1 Å². The predicted octanol–water partition coefficient (Wildman–Crippen LogP) is 3.35. The van der Waals surface area contributed by atoms with Gasteiger partial charge in [0.05, 0.1) is 16.9 Å². The van der Waals surface area contributed by atoms with Gasteiger partial charge in [-0.3, -0.25) is 4.72 Å². The van der Waals surface area contributed by atoms with Crippen LogP contribution in [0.4, 0.5) is 5.69 Å². The van der Waals surface area contributed by atoms with Gasteiger partial charge in [-0.25, -0.2) is 18.4 Å². The van der Waals surface area contributed by atoms with Crippen LogP contribution in [0.25, 0.3) is 0 Å². The predicted molar refractivity (Wildman–Crippen MR) is 77.0 cm³/mol. The third kappa shape index (κ3) is 3.56. The Labute approximate surface area is 128 Å². The molecular formula is C10H6BrCl2N3O2S. The summed E-state index contributed by atoms with van der Waals surface area (Å²) in [7, 11) is -3.78. The van der Waals surface area contributed by atoms with Crippen LogP contribution >= 0.6 is 39.1 Å². The molecule has 0 amide bonds. The Kier molecular flexibility index (Phi) is 4.29. The number of nitrogens with zero attached hydrogens (tertiary/aromatic N) is 2. The highest BCUT2D eigenvalue weighted by molar-refractivity contribution is 9.10. The zero-order valence-electron chi connectivity index (χ0n) is 9.14. The Balaban J connectivity index is 2.32. The molecule has 0 aromatic carbocycles. The summed E-state index contributed by atoms with van der Waals surface area (Å²) in [6.07, 6.45) is 2.51. The molecule has 0 saturated heterocycles. The number of sulfonamides is 1. The van der Waals surface area contributed by atoms with Crippen LogP contribution in [-0.4, -0.2) is 18.4 Å². The van der Waals surface area contributed by atoms with Crippen LogP contribution in [0.3, 0.4) is 0 Å². The summed E-state index contributed by atoms with van der Waals surface area (Å²) in [4.78, 5) is 7.53. The van der Waals surface area contributed by atoms with E-state index in [0.29, 0.717) is 10.3 Å². The molecule has 2 rings (SSSR count). The van der Waals surface area contributed by atoms with Crippen molar-refractivity contribution >= 4 is 54.8 Å². The number of rotatable bonds is 3. The van der Waals surface area contributed by atoms with Gasteiger partial charge in [0.2, 0.25) is 0 Å². The smallest absolute Gasteiger partial charge is 0.263 e. The maximum Gasteiger partial charge on any atom is 0.263 e. The first-order valence-electron chi connectivity index (χ1n) is 4.84. The van der Waals surface area contributed by atoms with E-state index in [1.54, 1.807) is 12.1 Å². The Morgan fingerprint density at radius 2 is 1.89 bits per heavy atom. The van der Waals surface area contributed by atoms with Crippen LogP contribution in [0.5, 0.6) is 0 Å². The molecule has 5 nitrogen and oxygen atoms in total. The molecule has 19 heavy (non-hydrogen) atoms. The molecule has 2 aromatic heterocycles. The van der Waals surface area contributed by atoms with Crippen molar-refractivity contribution in [3.8, 4) is 0 Å². The summed E-state index contributed by atoms with van der Waals surface area (Å²) in [5.41, 5.74) is 0.328. The third-order valence-electron chi connectivity index (χ3n) is 2.06. The van der Waals surface area contributed by atoms with Crippen LogP contribution in [0.1, 0.15) is 0 Å². The van der Waals surface area contributed by atoms with Crippen LogP contribution in [0, 0.1) is 0 Å². The summed E-state index contributed by atoms with van der Waals surface area (Å²) in [5.74, 6) is 0. The minimum absolute atomic E-state index is 0.0472. The van der Waals surface area contributed by atoms with E-state index in [9.17, 15) is 8.42 Å². The first-order chi connectivity index (χ1) is 8.88. The Morgan fingerprint density at radius 1 is 1.16 bits per heavy atom. The normalized spacial score (nSPS) is 11.3. The molecule has 0 bridgehead atoms. The standard InChI is InChI=1S/C10H6BrCl2N3O2S/c11-9-2-1-6(4-14-9)16-19(17,18)7-3-8(12)10(13)15-5-7/h1-5,16H. The molecule has 0 aliphatic carbocycles. The summed E-state index contributed by atoms with van der Waals surface area (Å²) >= 11 is 14.5. The molecule has 0 saturated carbocycles. The molecule has 0 radical (unpaired) electrons. The molecule has 0 unspecified atom stereocenters. The van der Waals surface area contributed by atoms with E-state index in [4.69, 9.17) is 23.2 Å². The van der Waals surface area contributed by atoms with E-state index >= 15 is 0 Å². The molecule has 9 heteroatoms. The maximum absolute atomic E-state index is 12.1. The first-order valence-corrected chi connectivity index (χ1v) is 7.87. The number of hydrogen-bond donors (Lipinski definition) is 1. The van der Waals surface area contributed by atoms with Gasteiger partial charge in [-0.2, -0.15) is 0 Å². The fraction of sp³-hybridized carbons (Fsp3) is 0. The monoisotopic (exact) mass is 381 g/mol. The van der Waals surface area contributed by atoms with E-state index in [2.05, 4.69) is 30.6 Å². The lowest BCUT2D eigenvalue weighted by Gasteiger charge is -2.08. The number of halogens is 3. The summed E-state index contributed by atoms with van der Waals surface area (Å²) in [6.45, 7) is 0. The van der Waals surface area contributed by atoms with Gasteiger partial charge < -0.3 is 0 Å². The fourth-order valence-electron chi connectivity index (χ4n) is 1.20. The minimum atomic E-state index is -3.78. The Bertz CT molecular complexity index is 707. The lowest BCUT2D eigenvalue weighted by atomic mass is 10.4. The molecule has 0 spiro atoms. The lowest BCUT2D eigenvalue weighted by Crippen LogP contribution is -2.13. The van der Waals surface area contributed by atoms with Crippen LogP contribution < -0.4 is 4.72 Å². The number of nitrogens with one attached hydrogen (secondary N) is 1. The van der Waals surface area contributed by atoms with E-state index in [1.807, 2.05) is 0 Å². The average molecular weight is 383 g/mol. The van der Waals surface area contributed by atoms with Gasteiger partial charge in [-0.15, -0.1) is 0 Å². The second-order valence-corrected chi connectivity index (χ2v) is 6.68. The Hall–Kier alpha value is -0.890. The van der Waals surface area contributed by atoms with Crippen LogP contribution in [0.2, 0.25) is 10.2 Å². The number of anilines is 1. The lowest BCUT2D eigenvalue weighted by molar-refractivity contribution is 0.601. The molecule has 2 aromatic rings. The van der Waals surface area contributed by atoms with Crippen molar-refractivity contribution in [2.75, 3.05) is 4.72 Å². The van der Waals surface area contributed by atoms with Crippen molar-refractivity contribution in [2.24, 2.45) is 0 Å². The van der Waals surface area contributed by atoms with Crippen molar-refractivity contribution < 1.29 is 8.42 Å². The topological polar surface area (TPSA) is 72.0 Å². The average Bonchev–Trinajstić information content (AvgIpc) is 2.35. The van der Waals surface area contributed by atoms with Crippen molar-refractivity contribution in [1.29, 1.82) is 0 Å². The van der Waals surface area contributed by atoms with Gasteiger partial charge in [0.1, 0.15) is 14.7 Å². The van der Waals surface area contributed by atoms with Crippen molar-refractivity contribution in [3.63, 3.8) is 0 Å². The highest BCUT2D eigenvalue weighted by Gasteiger charge is 2.16. The molecule has 100 valence electrons. The van der Waals surface area contributed by atoms with Crippen LogP contribution in [-0.2, 0) is 10.0 Å². The molecule has 0 fully saturated rings. The zero-order chi connectivity index (χ0) is 14.0. The van der Waals surface area contributed by atoms with Gasteiger partial charge in [0.15, 0.2) is 0 Å². The quantitative estimate of drug-likeness (QED) is 0.826. The van der Waals surface area contributed by atoms with E-state index < -0.39 is 10.0 Å². The number of aromatic nitrogens is 2. The third-order valence-corrected chi connectivity index (χ3v) is 4.56. The van der Waals surface area contributed by atoms with Crippen LogP contribution in [0.15, 0.2) is 40.1 Å². The SMILES string of the molecule is O=S(=O)(Nc1ccc(Br)nc1)c1cnc(Cl)c(Cl)c1. The molecule has 2 heterocycles. The number of pyridine rings is 2. The van der Waals surface area contributed by atoms with Crippen molar-refractivity contribution in [2.45, 2.75) is 4.90 Å². The molecule has 1 N–H and O–H groups in total. The van der Waals surface area contributed by atoms with E-state index in [-0.39, 0.29) is 15.1 Å². The second kappa shape index (κ2) is 5.62. The van der Waals surface area contributed by atoms with E-state index in [1.165, 1.54) is 12.3 Å². The molecule has 0 aliphatic heterocycles. The Morgan fingerprint density at radius 3 is 2.47 bits per heavy atom. The first kappa shape index (κ1) is 14.5. The number of hydrogen-bond acceptors (Lipinski definition) is 4.